The second-order valence-corrected chi connectivity index (χ2v) is 8.49. The Morgan fingerprint density at radius 2 is 1.56 bits per heavy atom. The predicted molar refractivity (Wildman–Crippen MR) is 97.4 cm³/mol. The predicted octanol–water partition coefficient (Wildman–Crippen LogP) is 3.90. The number of carbonyl (C=O) groups is 1. The molecule has 4 bridgehead atoms. The molecule has 4 fully saturated rings. The van der Waals surface area contributed by atoms with Crippen molar-refractivity contribution in [2.24, 2.45) is 17.8 Å². The molecule has 2 aliphatic carbocycles. The Labute approximate surface area is 148 Å². The maximum Gasteiger partial charge on any atom is 0.254 e. The number of carbonyl (C=O) groups excluding carboxylic acids is 1. The number of fused-ring (bicyclic) bond motifs is 2. The van der Waals surface area contributed by atoms with Gasteiger partial charge >= 0.3 is 0 Å². The van der Waals surface area contributed by atoms with Gasteiger partial charge in [-0.1, -0.05) is 0 Å². The van der Waals surface area contributed by atoms with Crippen molar-refractivity contribution in [3.63, 3.8) is 0 Å². The number of nitrogens with zero attached hydrogens (tertiary/aromatic N) is 3. The van der Waals surface area contributed by atoms with Crippen LogP contribution in [0.1, 0.15) is 53.8 Å². The van der Waals surface area contributed by atoms with Crippen molar-refractivity contribution in [3.05, 3.63) is 35.2 Å². The van der Waals surface area contributed by atoms with E-state index in [0.29, 0.717) is 12.0 Å². The molecule has 3 heterocycles. The minimum Gasteiger partial charge on any atom is -0.335 e. The van der Waals surface area contributed by atoms with Crippen LogP contribution in [-0.4, -0.2) is 33.4 Å². The van der Waals surface area contributed by atoms with Crippen molar-refractivity contribution in [3.8, 4) is 0 Å². The molecule has 25 heavy (non-hydrogen) atoms. The molecule has 2 atom stereocenters. The molecule has 2 saturated carbocycles. The number of hydrogen-bond donors (Lipinski definition) is 0. The zero-order chi connectivity index (χ0) is 17.1. The first-order chi connectivity index (χ1) is 12.1. The van der Waals surface area contributed by atoms with Gasteiger partial charge in [-0.2, -0.15) is 0 Å². The second-order valence-electron chi connectivity index (χ2n) is 8.49. The summed E-state index contributed by atoms with van der Waals surface area (Å²) in [6.45, 7) is 4.90. The summed E-state index contributed by atoms with van der Waals surface area (Å²) in [6.07, 6.45) is 6.49. The molecule has 4 nitrogen and oxygen atoms in total. The van der Waals surface area contributed by atoms with Gasteiger partial charge in [0.05, 0.1) is 22.4 Å². The molecule has 130 valence electrons. The van der Waals surface area contributed by atoms with Gasteiger partial charge in [-0.15, -0.1) is 0 Å². The Balaban J connectivity index is 1.49. The average molecular weight is 335 g/mol. The summed E-state index contributed by atoms with van der Waals surface area (Å²) in [6, 6.07) is 6.27. The number of hydrogen-bond acceptors (Lipinski definition) is 3. The number of aryl methyl sites for hydroxylation is 2. The van der Waals surface area contributed by atoms with E-state index in [2.05, 4.69) is 14.9 Å². The van der Waals surface area contributed by atoms with Gasteiger partial charge in [-0.05, 0) is 81.9 Å². The summed E-state index contributed by atoms with van der Waals surface area (Å²) in [5.74, 6) is 2.62. The van der Waals surface area contributed by atoms with Crippen molar-refractivity contribution >= 4 is 16.9 Å². The molecule has 2 unspecified atom stereocenters. The first kappa shape index (κ1) is 15.3. The van der Waals surface area contributed by atoms with E-state index in [9.17, 15) is 4.79 Å². The van der Waals surface area contributed by atoms with E-state index in [0.717, 1.165) is 46.4 Å². The van der Waals surface area contributed by atoms with Crippen LogP contribution in [0, 0.1) is 31.6 Å². The fraction of sp³-hybridized carbons (Fsp3) is 0.571. The Kier molecular flexibility index (Phi) is 3.37. The number of benzene rings is 1. The van der Waals surface area contributed by atoms with E-state index in [4.69, 9.17) is 0 Å². The first-order valence-corrected chi connectivity index (χ1v) is 9.63. The van der Waals surface area contributed by atoms with E-state index in [1.165, 1.54) is 32.1 Å². The summed E-state index contributed by atoms with van der Waals surface area (Å²) in [4.78, 5) is 24.7. The highest BCUT2D eigenvalue weighted by Crippen LogP contribution is 2.47. The molecule has 4 heteroatoms. The zero-order valence-corrected chi connectivity index (χ0v) is 15.0. The van der Waals surface area contributed by atoms with Gasteiger partial charge in [-0.3, -0.25) is 4.79 Å². The third-order valence-electron chi connectivity index (χ3n) is 6.69. The van der Waals surface area contributed by atoms with Crippen molar-refractivity contribution in [2.45, 2.75) is 52.0 Å². The third kappa shape index (κ3) is 2.54. The van der Waals surface area contributed by atoms with Crippen LogP contribution in [0.4, 0.5) is 0 Å². The summed E-state index contributed by atoms with van der Waals surface area (Å²) in [5.41, 5.74) is 4.35. The fourth-order valence-electron chi connectivity index (χ4n) is 5.56. The summed E-state index contributed by atoms with van der Waals surface area (Å²) in [7, 11) is 0. The molecule has 1 aromatic heterocycles. The molecule has 2 saturated heterocycles. The van der Waals surface area contributed by atoms with Crippen molar-refractivity contribution < 1.29 is 4.79 Å². The van der Waals surface area contributed by atoms with Crippen molar-refractivity contribution in [2.75, 3.05) is 6.54 Å². The molecule has 1 aromatic carbocycles. The highest BCUT2D eigenvalue weighted by atomic mass is 16.2. The van der Waals surface area contributed by atoms with Gasteiger partial charge in [-0.25, -0.2) is 9.97 Å². The maximum atomic E-state index is 13.3. The van der Waals surface area contributed by atoms with E-state index in [1.54, 1.807) is 0 Å². The average Bonchev–Trinajstić information content (AvgIpc) is 2.78. The number of rotatable bonds is 1. The summed E-state index contributed by atoms with van der Waals surface area (Å²) in [5, 5.41) is 0. The number of amides is 1. The molecule has 4 aliphatic rings. The van der Waals surface area contributed by atoms with Crippen LogP contribution in [0.2, 0.25) is 0 Å². The largest absolute Gasteiger partial charge is 0.335 e. The Morgan fingerprint density at radius 3 is 2.28 bits per heavy atom. The van der Waals surface area contributed by atoms with Crippen LogP contribution < -0.4 is 0 Å². The minimum atomic E-state index is 0.195. The topological polar surface area (TPSA) is 46.1 Å². The highest BCUT2D eigenvalue weighted by molar-refractivity contribution is 5.97. The van der Waals surface area contributed by atoms with E-state index in [1.807, 2.05) is 32.0 Å². The molecule has 6 rings (SSSR count). The van der Waals surface area contributed by atoms with E-state index >= 15 is 0 Å². The van der Waals surface area contributed by atoms with Crippen LogP contribution in [0.25, 0.3) is 11.0 Å². The van der Waals surface area contributed by atoms with Gasteiger partial charge in [0.25, 0.3) is 5.91 Å². The number of aromatic nitrogens is 2. The van der Waals surface area contributed by atoms with Gasteiger partial charge < -0.3 is 4.90 Å². The maximum absolute atomic E-state index is 13.3. The smallest absolute Gasteiger partial charge is 0.254 e. The monoisotopic (exact) mass is 335 g/mol. The van der Waals surface area contributed by atoms with Gasteiger partial charge in [0.15, 0.2) is 0 Å². The van der Waals surface area contributed by atoms with Crippen LogP contribution in [0.15, 0.2) is 18.2 Å². The van der Waals surface area contributed by atoms with Gasteiger partial charge in [0.1, 0.15) is 0 Å². The Hall–Kier alpha value is -1.97. The quantitative estimate of drug-likeness (QED) is 0.794. The first-order valence-electron chi connectivity index (χ1n) is 9.63. The fourth-order valence-corrected chi connectivity index (χ4v) is 5.56. The Morgan fingerprint density at radius 1 is 0.920 bits per heavy atom. The second kappa shape index (κ2) is 5.52. The molecule has 0 radical (unpaired) electrons. The lowest BCUT2D eigenvalue weighted by Crippen LogP contribution is -2.42. The van der Waals surface area contributed by atoms with Crippen molar-refractivity contribution in [1.82, 2.24) is 14.9 Å². The minimum absolute atomic E-state index is 0.195. The van der Waals surface area contributed by atoms with Crippen molar-refractivity contribution in [1.29, 1.82) is 0 Å². The zero-order valence-electron chi connectivity index (χ0n) is 15.0. The summed E-state index contributed by atoms with van der Waals surface area (Å²) < 4.78 is 0. The molecular weight excluding hydrogens is 310 g/mol. The highest BCUT2D eigenvalue weighted by Gasteiger charge is 2.44. The lowest BCUT2D eigenvalue weighted by Gasteiger charge is -2.39. The van der Waals surface area contributed by atoms with Crippen LogP contribution in [0.3, 0.4) is 0 Å². The SMILES string of the molecule is Cc1nc2ccc(C(=O)N3CC4CC5CC(C4)CC3C5)cc2nc1C. The molecule has 0 spiro atoms. The lowest BCUT2D eigenvalue weighted by atomic mass is 9.68. The standard InChI is InChI=1S/C21H25N3O/c1-12-13(2)23-20-10-17(3-4-19(20)22-12)21(25)24-11-16-6-14-5-15(7-16)9-18(24)8-14/h3-4,10,14-16,18H,5-9,11H2,1-2H3. The summed E-state index contributed by atoms with van der Waals surface area (Å²) >= 11 is 0. The third-order valence-corrected chi connectivity index (χ3v) is 6.69. The van der Waals surface area contributed by atoms with Gasteiger partial charge in [0.2, 0.25) is 0 Å². The van der Waals surface area contributed by atoms with E-state index < -0.39 is 0 Å². The van der Waals surface area contributed by atoms with Gasteiger partial charge in [0, 0.05) is 18.2 Å². The molecule has 0 N–H and O–H groups in total. The molecule has 1 amide bonds. The van der Waals surface area contributed by atoms with Crippen LogP contribution >= 0.6 is 0 Å². The Bertz CT molecular complexity index is 848. The van der Waals surface area contributed by atoms with Crippen LogP contribution in [0.5, 0.6) is 0 Å². The normalized spacial score (nSPS) is 30.7. The molecular formula is C21H25N3O. The molecule has 2 aliphatic heterocycles. The van der Waals surface area contributed by atoms with E-state index in [-0.39, 0.29) is 5.91 Å². The molecule has 2 aromatic rings. The lowest BCUT2D eigenvalue weighted by molar-refractivity contribution is 0.0633. The van der Waals surface area contributed by atoms with Crippen LogP contribution in [-0.2, 0) is 0 Å².